The minimum atomic E-state index is 0.786. The highest BCUT2D eigenvalue weighted by molar-refractivity contribution is 5.61. The Morgan fingerprint density at radius 3 is 3.20 bits per heavy atom. The van der Waals surface area contributed by atoms with E-state index >= 15 is 0 Å². The molecule has 2 heterocycles. The third kappa shape index (κ3) is 2.23. The van der Waals surface area contributed by atoms with Crippen LogP contribution in [0, 0.1) is 0 Å². The molecule has 0 atom stereocenters. The van der Waals surface area contributed by atoms with Gasteiger partial charge < -0.3 is 5.32 Å². The number of rotatable bonds is 5. The van der Waals surface area contributed by atoms with Crippen LogP contribution in [0.4, 0.5) is 5.82 Å². The van der Waals surface area contributed by atoms with Crippen molar-refractivity contribution in [2.45, 2.75) is 26.2 Å². The second-order valence-corrected chi connectivity index (χ2v) is 3.47. The van der Waals surface area contributed by atoms with E-state index in [1.54, 1.807) is 12.5 Å². The highest BCUT2D eigenvalue weighted by Gasteiger charge is 2.02. The smallest absolute Gasteiger partial charge is 0.203 e. The van der Waals surface area contributed by atoms with E-state index in [1.165, 1.54) is 12.8 Å². The van der Waals surface area contributed by atoms with Gasteiger partial charge in [0, 0.05) is 18.9 Å². The summed E-state index contributed by atoms with van der Waals surface area (Å²) in [6.45, 7) is 3.13. The molecule has 5 nitrogen and oxygen atoms in total. The minimum absolute atomic E-state index is 0.786. The van der Waals surface area contributed by atoms with Crippen LogP contribution in [0.25, 0.3) is 5.65 Å². The van der Waals surface area contributed by atoms with Gasteiger partial charge in [-0.05, 0) is 6.42 Å². The van der Waals surface area contributed by atoms with Crippen LogP contribution in [-0.4, -0.2) is 26.1 Å². The lowest BCUT2D eigenvalue weighted by Gasteiger charge is -2.04. The van der Waals surface area contributed by atoms with Crippen molar-refractivity contribution >= 4 is 11.5 Å². The lowest BCUT2D eigenvalue weighted by atomic mass is 10.2. The molecule has 0 bridgehead atoms. The second kappa shape index (κ2) is 4.72. The zero-order valence-electron chi connectivity index (χ0n) is 8.85. The summed E-state index contributed by atoms with van der Waals surface area (Å²) in [6.07, 6.45) is 8.89. The maximum atomic E-state index is 4.24. The van der Waals surface area contributed by atoms with Crippen molar-refractivity contribution in [2.75, 3.05) is 11.9 Å². The van der Waals surface area contributed by atoms with E-state index in [-0.39, 0.29) is 0 Å². The van der Waals surface area contributed by atoms with Crippen LogP contribution < -0.4 is 5.32 Å². The molecule has 0 aliphatic carbocycles. The summed E-state index contributed by atoms with van der Waals surface area (Å²) in [6, 6.07) is 0. The summed E-state index contributed by atoms with van der Waals surface area (Å²) in [5.41, 5.74) is 0.786. The molecule has 0 aliphatic rings. The average molecular weight is 205 g/mol. The summed E-state index contributed by atoms with van der Waals surface area (Å²) in [5.74, 6) is 0.811. The molecule has 0 aromatic carbocycles. The normalized spacial score (nSPS) is 10.7. The molecule has 0 unspecified atom stereocenters. The molecule has 5 heteroatoms. The Labute approximate surface area is 88.6 Å². The lowest BCUT2D eigenvalue weighted by Crippen LogP contribution is -2.05. The van der Waals surface area contributed by atoms with Gasteiger partial charge in [-0.15, -0.1) is 10.2 Å². The molecule has 0 saturated heterocycles. The van der Waals surface area contributed by atoms with Crippen LogP contribution >= 0.6 is 0 Å². The van der Waals surface area contributed by atoms with Gasteiger partial charge in [0.05, 0.1) is 0 Å². The van der Waals surface area contributed by atoms with Crippen LogP contribution in [0.15, 0.2) is 18.7 Å². The number of nitrogens with zero attached hydrogens (tertiary/aromatic N) is 4. The molecule has 2 aromatic heterocycles. The Hall–Kier alpha value is -1.65. The zero-order valence-corrected chi connectivity index (χ0v) is 8.85. The molecule has 2 aromatic rings. The van der Waals surface area contributed by atoms with E-state index in [9.17, 15) is 0 Å². The van der Waals surface area contributed by atoms with Gasteiger partial charge in [0.25, 0.3) is 0 Å². The molecule has 2 rings (SSSR count). The van der Waals surface area contributed by atoms with Gasteiger partial charge in [-0.1, -0.05) is 19.8 Å². The third-order valence-corrected chi connectivity index (χ3v) is 2.29. The van der Waals surface area contributed by atoms with Gasteiger partial charge in [-0.25, -0.2) is 4.98 Å². The summed E-state index contributed by atoms with van der Waals surface area (Å²) in [7, 11) is 0. The van der Waals surface area contributed by atoms with E-state index in [1.807, 2.05) is 10.6 Å². The lowest BCUT2D eigenvalue weighted by molar-refractivity contribution is 0.742. The molecular formula is C10H15N5. The summed E-state index contributed by atoms with van der Waals surface area (Å²) >= 11 is 0. The topological polar surface area (TPSA) is 55.1 Å². The first kappa shape index (κ1) is 9.89. The number of aromatic nitrogens is 4. The van der Waals surface area contributed by atoms with Crippen LogP contribution in [0.5, 0.6) is 0 Å². The van der Waals surface area contributed by atoms with Crippen molar-refractivity contribution in [2.24, 2.45) is 0 Å². The Bertz CT molecular complexity index is 422. The van der Waals surface area contributed by atoms with Gasteiger partial charge in [-0.2, -0.15) is 0 Å². The van der Waals surface area contributed by atoms with Crippen molar-refractivity contribution in [3.63, 3.8) is 0 Å². The predicted octanol–water partition coefficient (Wildman–Crippen LogP) is 1.73. The maximum absolute atomic E-state index is 4.24. The van der Waals surface area contributed by atoms with Crippen LogP contribution in [0.1, 0.15) is 26.2 Å². The van der Waals surface area contributed by atoms with E-state index in [0.717, 1.165) is 24.4 Å². The SMILES string of the molecule is CCCCCNc1nccn2cnnc12. The molecule has 0 amide bonds. The highest BCUT2D eigenvalue weighted by Crippen LogP contribution is 2.09. The predicted molar refractivity (Wildman–Crippen MR) is 58.8 cm³/mol. The van der Waals surface area contributed by atoms with Gasteiger partial charge in [0.1, 0.15) is 6.33 Å². The first-order valence-corrected chi connectivity index (χ1v) is 5.30. The van der Waals surface area contributed by atoms with Crippen molar-refractivity contribution in [1.29, 1.82) is 0 Å². The quantitative estimate of drug-likeness (QED) is 0.755. The van der Waals surface area contributed by atoms with Gasteiger partial charge in [0.15, 0.2) is 5.82 Å². The van der Waals surface area contributed by atoms with Crippen molar-refractivity contribution in [1.82, 2.24) is 19.6 Å². The van der Waals surface area contributed by atoms with E-state index in [0.29, 0.717) is 0 Å². The third-order valence-electron chi connectivity index (χ3n) is 2.29. The molecule has 15 heavy (non-hydrogen) atoms. The first-order valence-electron chi connectivity index (χ1n) is 5.30. The fourth-order valence-electron chi connectivity index (χ4n) is 1.47. The number of fused-ring (bicyclic) bond motifs is 1. The fourth-order valence-corrected chi connectivity index (χ4v) is 1.47. The van der Waals surface area contributed by atoms with Crippen molar-refractivity contribution in [3.8, 4) is 0 Å². The number of unbranched alkanes of at least 4 members (excludes halogenated alkanes) is 2. The molecular weight excluding hydrogens is 190 g/mol. The largest absolute Gasteiger partial charge is 0.367 e. The molecule has 0 spiro atoms. The Morgan fingerprint density at radius 2 is 2.33 bits per heavy atom. The Balaban J connectivity index is 2.04. The Morgan fingerprint density at radius 1 is 1.40 bits per heavy atom. The van der Waals surface area contributed by atoms with E-state index < -0.39 is 0 Å². The van der Waals surface area contributed by atoms with E-state index in [2.05, 4.69) is 27.4 Å². The van der Waals surface area contributed by atoms with Crippen LogP contribution in [-0.2, 0) is 0 Å². The highest BCUT2D eigenvalue weighted by atomic mass is 15.2. The molecule has 0 radical (unpaired) electrons. The molecule has 0 saturated carbocycles. The first-order chi connectivity index (χ1) is 7.42. The van der Waals surface area contributed by atoms with Gasteiger partial charge in [-0.3, -0.25) is 4.40 Å². The molecule has 1 N–H and O–H groups in total. The van der Waals surface area contributed by atoms with E-state index in [4.69, 9.17) is 0 Å². The number of hydrogen-bond donors (Lipinski definition) is 1. The monoisotopic (exact) mass is 205 g/mol. The number of hydrogen-bond acceptors (Lipinski definition) is 4. The number of anilines is 1. The van der Waals surface area contributed by atoms with Crippen molar-refractivity contribution < 1.29 is 0 Å². The minimum Gasteiger partial charge on any atom is -0.367 e. The van der Waals surface area contributed by atoms with Gasteiger partial charge >= 0.3 is 0 Å². The maximum Gasteiger partial charge on any atom is 0.203 e. The summed E-state index contributed by atoms with van der Waals surface area (Å²) < 4.78 is 1.86. The average Bonchev–Trinajstić information content (AvgIpc) is 2.73. The van der Waals surface area contributed by atoms with Crippen LogP contribution in [0.3, 0.4) is 0 Å². The zero-order chi connectivity index (χ0) is 10.5. The number of nitrogens with one attached hydrogen (secondary N) is 1. The molecule has 0 fully saturated rings. The molecule has 0 aliphatic heterocycles. The molecule has 80 valence electrons. The van der Waals surface area contributed by atoms with Gasteiger partial charge in [0.2, 0.25) is 5.65 Å². The standard InChI is InChI=1S/C10H15N5/c1-2-3-4-5-11-9-10-14-13-8-15(10)7-6-12-9/h6-8H,2-5H2,1H3,(H,11,12). The fraction of sp³-hybridized carbons (Fsp3) is 0.500. The summed E-state index contributed by atoms with van der Waals surface area (Å²) in [4.78, 5) is 4.24. The Kier molecular flexibility index (Phi) is 3.11. The second-order valence-electron chi connectivity index (χ2n) is 3.47. The summed E-state index contributed by atoms with van der Waals surface area (Å²) in [5, 5.41) is 11.1. The van der Waals surface area contributed by atoms with Crippen molar-refractivity contribution in [3.05, 3.63) is 18.7 Å². The van der Waals surface area contributed by atoms with Crippen LogP contribution in [0.2, 0.25) is 0 Å².